The molecule has 4 nitrogen and oxygen atoms in total. The summed E-state index contributed by atoms with van der Waals surface area (Å²) in [5.74, 6) is 1.28. The van der Waals surface area contributed by atoms with Gasteiger partial charge in [0.1, 0.15) is 5.01 Å². The van der Waals surface area contributed by atoms with Gasteiger partial charge in [-0.15, -0.1) is 35.3 Å². The summed E-state index contributed by atoms with van der Waals surface area (Å²) in [6.45, 7) is 7.99. The molecule has 2 N–H and O–H groups in total. The molecular weight excluding hydrogens is 431 g/mol. The van der Waals surface area contributed by atoms with Crippen molar-refractivity contribution >= 4 is 41.3 Å². The average Bonchev–Trinajstić information content (AvgIpc) is 3.04. The van der Waals surface area contributed by atoms with Crippen molar-refractivity contribution in [1.82, 2.24) is 15.6 Å². The maximum atomic E-state index is 4.63. The minimum absolute atomic E-state index is 0. The van der Waals surface area contributed by atoms with Crippen LogP contribution in [0.3, 0.4) is 0 Å². The van der Waals surface area contributed by atoms with Crippen molar-refractivity contribution in [2.75, 3.05) is 7.05 Å². The summed E-state index contributed by atoms with van der Waals surface area (Å²) in [7, 11) is 1.79. The van der Waals surface area contributed by atoms with Gasteiger partial charge < -0.3 is 10.6 Å². The van der Waals surface area contributed by atoms with Crippen LogP contribution in [-0.2, 0) is 19.5 Å². The number of thiazole rings is 1. The van der Waals surface area contributed by atoms with Gasteiger partial charge in [0, 0.05) is 19.0 Å². The van der Waals surface area contributed by atoms with Crippen LogP contribution in [0, 0.1) is 0 Å². The highest BCUT2D eigenvalue weighted by Gasteiger charge is 2.07. The zero-order valence-corrected chi connectivity index (χ0v) is 17.9. The molecule has 2 aromatic rings. The normalized spacial score (nSPS) is 11.3. The summed E-state index contributed by atoms with van der Waals surface area (Å²) < 4.78 is 0. The molecule has 0 bridgehead atoms. The van der Waals surface area contributed by atoms with Crippen LogP contribution in [0.2, 0.25) is 0 Å². The van der Waals surface area contributed by atoms with E-state index in [1.165, 1.54) is 11.1 Å². The summed E-state index contributed by atoms with van der Waals surface area (Å²) in [6, 6.07) is 8.50. The summed E-state index contributed by atoms with van der Waals surface area (Å²) in [5.41, 5.74) is 3.85. The zero-order valence-electron chi connectivity index (χ0n) is 14.8. The summed E-state index contributed by atoms with van der Waals surface area (Å²) in [5, 5.41) is 9.93. The molecule has 0 saturated heterocycles. The van der Waals surface area contributed by atoms with Crippen molar-refractivity contribution in [3.8, 4) is 0 Å². The van der Waals surface area contributed by atoms with E-state index in [9.17, 15) is 0 Å². The molecule has 0 aliphatic heterocycles. The molecule has 0 spiro atoms. The number of halogens is 1. The molecule has 0 fully saturated rings. The summed E-state index contributed by atoms with van der Waals surface area (Å²) >= 11 is 1.69. The molecule has 0 atom stereocenters. The third-order valence-electron chi connectivity index (χ3n) is 3.74. The summed E-state index contributed by atoms with van der Waals surface area (Å²) in [4.78, 5) is 8.92. The van der Waals surface area contributed by atoms with Crippen LogP contribution >= 0.6 is 35.3 Å². The van der Waals surface area contributed by atoms with Gasteiger partial charge in [-0.1, -0.05) is 45.0 Å². The second-order valence-corrected chi connectivity index (χ2v) is 6.67. The highest BCUT2D eigenvalue weighted by Crippen LogP contribution is 2.17. The Balaban J connectivity index is 0.00000288. The molecule has 2 rings (SSSR count). The molecule has 0 saturated carbocycles. The molecule has 1 aromatic carbocycles. The number of aryl methyl sites for hydroxylation is 1. The van der Waals surface area contributed by atoms with Crippen molar-refractivity contribution in [3.05, 3.63) is 51.5 Å². The Morgan fingerprint density at radius 2 is 1.83 bits per heavy atom. The fraction of sp³-hybridized carbons (Fsp3) is 0.444. The van der Waals surface area contributed by atoms with Crippen LogP contribution in [0.1, 0.15) is 48.5 Å². The third kappa shape index (κ3) is 6.05. The molecule has 0 aliphatic rings. The van der Waals surface area contributed by atoms with Crippen LogP contribution in [0.5, 0.6) is 0 Å². The van der Waals surface area contributed by atoms with Crippen LogP contribution < -0.4 is 10.6 Å². The lowest BCUT2D eigenvalue weighted by Crippen LogP contribution is -2.36. The van der Waals surface area contributed by atoms with Gasteiger partial charge in [-0.05, 0) is 23.5 Å². The van der Waals surface area contributed by atoms with Gasteiger partial charge in [0.2, 0.25) is 0 Å². The number of hydrogen-bond donors (Lipinski definition) is 2. The lowest BCUT2D eigenvalue weighted by atomic mass is 10.1. The number of nitrogens with one attached hydrogen (secondary N) is 2. The first kappa shape index (κ1) is 20.9. The van der Waals surface area contributed by atoms with Gasteiger partial charge in [-0.3, -0.25) is 4.99 Å². The van der Waals surface area contributed by atoms with E-state index in [2.05, 4.69) is 71.0 Å². The highest BCUT2D eigenvalue weighted by molar-refractivity contribution is 14.0. The summed E-state index contributed by atoms with van der Waals surface area (Å²) in [6.07, 6.45) is 1.04. The van der Waals surface area contributed by atoms with Crippen LogP contribution in [0.15, 0.2) is 34.6 Å². The van der Waals surface area contributed by atoms with Crippen molar-refractivity contribution in [2.45, 2.75) is 46.2 Å². The predicted octanol–water partition coefficient (Wildman–Crippen LogP) is 4.31. The van der Waals surface area contributed by atoms with E-state index < -0.39 is 0 Å². The van der Waals surface area contributed by atoms with Crippen molar-refractivity contribution in [2.24, 2.45) is 4.99 Å². The smallest absolute Gasteiger partial charge is 0.191 e. The number of guanidine groups is 1. The molecule has 0 radical (unpaired) electrons. The maximum Gasteiger partial charge on any atom is 0.191 e. The van der Waals surface area contributed by atoms with E-state index in [0.717, 1.165) is 29.6 Å². The number of nitrogens with zero attached hydrogens (tertiary/aromatic N) is 2. The van der Waals surface area contributed by atoms with Crippen LogP contribution in [0.25, 0.3) is 0 Å². The largest absolute Gasteiger partial charge is 0.352 e. The molecule has 0 aliphatic carbocycles. The topological polar surface area (TPSA) is 49.3 Å². The second-order valence-electron chi connectivity index (χ2n) is 5.72. The first-order chi connectivity index (χ1) is 11.1. The van der Waals surface area contributed by atoms with Crippen molar-refractivity contribution in [1.29, 1.82) is 0 Å². The molecular formula is C18H27IN4S. The Kier molecular flexibility index (Phi) is 9.28. The molecule has 132 valence electrons. The lowest BCUT2D eigenvalue weighted by molar-refractivity contribution is 0.782. The van der Waals surface area contributed by atoms with E-state index in [-0.39, 0.29) is 24.0 Å². The monoisotopic (exact) mass is 458 g/mol. The van der Waals surface area contributed by atoms with Crippen molar-refractivity contribution < 1.29 is 0 Å². The number of hydrogen-bond acceptors (Lipinski definition) is 3. The molecule has 1 aromatic heterocycles. The maximum absolute atomic E-state index is 4.63. The number of rotatable bonds is 6. The Morgan fingerprint density at radius 3 is 2.42 bits per heavy atom. The Bertz CT molecular complexity index is 652. The molecule has 1 heterocycles. The fourth-order valence-corrected chi connectivity index (χ4v) is 3.20. The van der Waals surface area contributed by atoms with E-state index in [1.807, 2.05) is 0 Å². The van der Waals surface area contributed by atoms with Crippen molar-refractivity contribution in [3.63, 3.8) is 0 Å². The lowest BCUT2D eigenvalue weighted by Gasteiger charge is -2.13. The van der Waals surface area contributed by atoms with E-state index in [1.54, 1.807) is 18.4 Å². The van der Waals surface area contributed by atoms with Crippen LogP contribution in [-0.4, -0.2) is 18.0 Å². The molecule has 0 amide bonds. The van der Waals surface area contributed by atoms with Gasteiger partial charge >= 0.3 is 0 Å². The number of benzene rings is 1. The second kappa shape index (κ2) is 10.7. The quantitative estimate of drug-likeness (QED) is 0.385. The standard InChI is InChI=1S/C18H26N4S.HI/c1-5-14-8-6-7-9-15(14)10-20-18(19-4)21-11-17-22-16(12-23-17)13(2)3;/h6-9,12-13H,5,10-11H2,1-4H3,(H2,19,20,21);1H. The molecule has 6 heteroatoms. The Hall–Kier alpha value is -1.15. The van der Waals surface area contributed by atoms with Gasteiger partial charge in [0.15, 0.2) is 5.96 Å². The van der Waals surface area contributed by atoms with E-state index >= 15 is 0 Å². The van der Waals surface area contributed by atoms with E-state index in [4.69, 9.17) is 0 Å². The fourth-order valence-electron chi connectivity index (χ4n) is 2.31. The van der Waals surface area contributed by atoms with Gasteiger partial charge in [0.25, 0.3) is 0 Å². The van der Waals surface area contributed by atoms with Gasteiger partial charge in [0.05, 0.1) is 12.2 Å². The molecule has 24 heavy (non-hydrogen) atoms. The first-order valence-electron chi connectivity index (χ1n) is 8.09. The predicted molar refractivity (Wildman–Crippen MR) is 114 cm³/mol. The SMILES string of the molecule is CCc1ccccc1CNC(=NC)NCc1nc(C(C)C)cs1.I. The van der Waals surface area contributed by atoms with Crippen LogP contribution in [0.4, 0.5) is 0 Å². The number of aromatic nitrogens is 1. The minimum atomic E-state index is 0. The minimum Gasteiger partial charge on any atom is -0.352 e. The Labute approximate surface area is 166 Å². The zero-order chi connectivity index (χ0) is 16.7. The highest BCUT2D eigenvalue weighted by atomic mass is 127. The molecule has 0 unspecified atom stereocenters. The third-order valence-corrected chi connectivity index (χ3v) is 4.60. The number of aliphatic imine (C=N–C) groups is 1. The first-order valence-corrected chi connectivity index (χ1v) is 8.97. The Morgan fingerprint density at radius 1 is 1.17 bits per heavy atom. The average molecular weight is 458 g/mol. The van der Waals surface area contributed by atoms with Gasteiger partial charge in [-0.2, -0.15) is 0 Å². The van der Waals surface area contributed by atoms with Gasteiger partial charge in [-0.25, -0.2) is 4.98 Å². The van der Waals surface area contributed by atoms with E-state index in [0.29, 0.717) is 12.5 Å².